The first-order valence-corrected chi connectivity index (χ1v) is 9.34. The number of nitrogens with two attached hydrogens (primary N) is 1. The van der Waals surface area contributed by atoms with Crippen LogP contribution >= 0.6 is 11.3 Å². The number of anilines is 1. The number of ether oxygens (including phenoxy) is 1. The molecule has 2 N–H and O–H groups in total. The van der Waals surface area contributed by atoms with Gasteiger partial charge in [0, 0.05) is 20.1 Å². The van der Waals surface area contributed by atoms with Crippen LogP contribution in [0.15, 0.2) is 5.38 Å². The Morgan fingerprint density at radius 1 is 1.50 bits per heavy atom. The molecule has 80 valence electrons. The maximum Gasteiger partial charge on any atom is 0.180 e. The van der Waals surface area contributed by atoms with Gasteiger partial charge in [0.25, 0.3) is 0 Å². The Hall–Kier alpha value is -0.393. The largest absolute Gasteiger partial charge is 0.375 e. The van der Waals surface area contributed by atoms with Crippen molar-refractivity contribution < 1.29 is 4.74 Å². The van der Waals surface area contributed by atoms with E-state index in [4.69, 9.17) is 10.5 Å². The molecule has 0 aliphatic carbocycles. The van der Waals surface area contributed by atoms with Gasteiger partial charge in [0.2, 0.25) is 0 Å². The normalized spacial score (nSPS) is 11.9. The lowest BCUT2D eigenvalue weighted by molar-refractivity contribution is 0.131. The standard InChI is InChI=1S/C9H18N2OSSi/c1-14(2,3)5-4-12-6-8-7-13-9(10)11-8/h7H,4-6H2,1-3H3,(H2,10,11). The maximum atomic E-state index is 5.53. The average Bonchev–Trinajstić information content (AvgIpc) is 2.44. The van der Waals surface area contributed by atoms with Crippen molar-refractivity contribution in [2.45, 2.75) is 32.3 Å². The van der Waals surface area contributed by atoms with Crippen LogP contribution in [0, 0.1) is 0 Å². The van der Waals surface area contributed by atoms with Crippen LogP contribution in [-0.4, -0.2) is 19.7 Å². The van der Waals surface area contributed by atoms with Crippen molar-refractivity contribution in [3.63, 3.8) is 0 Å². The molecule has 0 bridgehead atoms. The summed E-state index contributed by atoms with van der Waals surface area (Å²) in [4.78, 5) is 4.13. The van der Waals surface area contributed by atoms with Gasteiger partial charge in [0.15, 0.2) is 5.13 Å². The van der Waals surface area contributed by atoms with Crippen molar-refractivity contribution in [1.82, 2.24) is 4.98 Å². The zero-order chi connectivity index (χ0) is 10.6. The summed E-state index contributed by atoms with van der Waals surface area (Å²) in [5.74, 6) is 0. The number of nitrogens with zero attached hydrogens (tertiary/aromatic N) is 1. The van der Waals surface area contributed by atoms with Crippen molar-refractivity contribution in [2.75, 3.05) is 12.3 Å². The third-order valence-electron chi connectivity index (χ3n) is 1.82. The number of nitrogen functional groups attached to an aromatic ring is 1. The van der Waals surface area contributed by atoms with Gasteiger partial charge >= 0.3 is 0 Å². The Bertz CT molecular complexity index is 283. The highest BCUT2D eigenvalue weighted by Crippen LogP contribution is 2.13. The summed E-state index contributed by atoms with van der Waals surface area (Å²) in [6.45, 7) is 8.47. The quantitative estimate of drug-likeness (QED) is 0.625. The molecule has 0 fully saturated rings. The van der Waals surface area contributed by atoms with Gasteiger partial charge in [-0.2, -0.15) is 0 Å². The Kier molecular flexibility index (Phi) is 4.09. The molecule has 0 aliphatic rings. The summed E-state index contributed by atoms with van der Waals surface area (Å²) in [6.07, 6.45) is 0. The van der Waals surface area contributed by atoms with Crippen LogP contribution in [0.25, 0.3) is 0 Å². The molecule has 0 aromatic carbocycles. The Morgan fingerprint density at radius 2 is 2.21 bits per heavy atom. The summed E-state index contributed by atoms with van der Waals surface area (Å²) >= 11 is 1.46. The Morgan fingerprint density at radius 3 is 2.71 bits per heavy atom. The van der Waals surface area contributed by atoms with E-state index in [0.29, 0.717) is 11.7 Å². The van der Waals surface area contributed by atoms with Crippen LogP contribution in [0.3, 0.4) is 0 Å². The summed E-state index contributed by atoms with van der Waals surface area (Å²) in [6, 6.07) is 1.20. The molecule has 5 heteroatoms. The molecule has 1 heterocycles. The lowest BCUT2D eigenvalue weighted by atomic mass is 10.5. The molecule has 1 rings (SSSR count). The summed E-state index contributed by atoms with van der Waals surface area (Å²) in [5.41, 5.74) is 6.46. The van der Waals surface area contributed by atoms with E-state index in [2.05, 4.69) is 24.6 Å². The van der Waals surface area contributed by atoms with Crippen molar-refractivity contribution in [1.29, 1.82) is 0 Å². The zero-order valence-electron chi connectivity index (χ0n) is 9.04. The fourth-order valence-corrected chi connectivity index (χ4v) is 2.25. The van der Waals surface area contributed by atoms with Gasteiger partial charge in [-0.3, -0.25) is 0 Å². The fourth-order valence-electron chi connectivity index (χ4n) is 0.944. The minimum absolute atomic E-state index is 0.595. The molecule has 1 aromatic rings. The highest BCUT2D eigenvalue weighted by molar-refractivity contribution is 7.13. The Labute approximate surface area is 90.3 Å². The first-order valence-electron chi connectivity index (χ1n) is 4.75. The minimum Gasteiger partial charge on any atom is -0.375 e. The third kappa shape index (κ3) is 4.73. The molecule has 0 unspecified atom stereocenters. The topological polar surface area (TPSA) is 48.1 Å². The molecule has 0 saturated carbocycles. The van der Waals surface area contributed by atoms with Crippen LogP contribution < -0.4 is 5.73 Å². The molecule has 0 saturated heterocycles. The second kappa shape index (κ2) is 4.91. The van der Waals surface area contributed by atoms with Gasteiger partial charge in [-0.15, -0.1) is 11.3 Å². The van der Waals surface area contributed by atoms with Crippen LogP contribution in [0.5, 0.6) is 0 Å². The number of aromatic nitrogens is 1. The summed E-state index contributed by atoms with van der Waals surface area (Å²) in [7, 11) is -0.958. The molecule has 0 aliphatic heterocycles. The van der Waals surface area contributed by atoms with Crippen LogP contribution in [0.4, 0.5) is 5.13 Å². The van der Waals surface area contributed by atoms with Gasteiger partial charge in [-0.25, -0.2) is 4.98 Å². The van der Waals surface area contributed by atoms with E-state index < -0.39 is 8.07 Å². The van der Waals surface area contributed by atoms with Crippen LogP contribution in [0.1, 0.15) is 5.69 Å². The second-order valence-electron chi connectivity index (χ2n) is 4.54. The molecular formula is C9H18N2OSSi. The Balaban J connectivity index is 2.16. The molecule has 0 atom stereocenters. The third-order valence-corrected chi connectivity index (χ3v) is 4.24. The zero-order valence-corrected chi connectivity index (χ0v) is 10.9. The predicted octanol–water partition coefficient (Wildman–Crippen LogP) is 2.58. The highest BCUT2D eigenvalue weighted by Gasteiger charge is 2.12. The molecule has 14 heavy (non-hydrogen) atoms. The van der Waals surface area contributed by atoms with E-state index >= 15 is 0 Å². The summed E-state index contributed by atoms with van der Waals surface area (Å²) in [5, 5.41) is 2.57. The molecule has 0 radical (unpaired) electrons. The average molecular weight is 230 g/mol. The van der Waals surface area contributed by atoms with Crippen LogP contribution in [0.2, 0.25) is 25.7 Å². The number of hydrogen-bond acceptors (Lipinski definition) is 4. The number of thiazole rings is 1. The van der Waals surface area contributed by atoms with Gasteiger partial charge in [0.1, 0.15) is 0 Å². The van der Waals surface area contributed by atoms with E-state index in [9.17, 15) is 0 Å². The molecule has 0 spiro atoms. The van der Waals surface area contributed by atoms with E-state index in [1.165, 1.54) is 17.4 Å². The van der Waals surface area contributed by atoms with E-state index in [1.54, 1.807) is 0 Å². The second-order valence-corrected chi connectivity index (χ2v) is 11.1. The molecular weight excluding hydrogens is 212 g/mol. The molecule has 0 amide bonds. The van der Waals surface area contributed by atoms with E-state index in [0.717, 1.165) is 12.3 Å². The van der Waals surface area contributed by atoms with Gasteiger partial charge < -0.3 is 10.5 Å². The number of rotatable bonds is 5. The fraction of sp³-hybridized carbons (Fsp3) is 0.667. The lowest BCUT2D eigenvalue weighted by Crippen LogP contribution is -2.21. The lowest BCUT2D eigenvalue weighted by Gasteiger charge is -2.14. The first kappa shape index (κ1) is 11.7. The van der Waals surface area contributed by atoms with Crippen molar-refractivity contribution in [3.8, 4) is 0 Å². The van der Waals surface area contributed by atoms with E-state index in [1.807, 2.05) is 5.38 Å². The van der Waals surface area contributed by atoms with Gasteiger partial charge in [-0.1, -0.05) is 19.6 Å². The molecule has 3 nitrogen and oxygen atoms in total. The van der Waals surface area contributed by atoms with Crippen molar-refractivity contribution >= 4 is 24.5 Å². The number of hydrogen-bond donors (Lipinski definition) is 1. The minimum atomic E-state index is -0.958. The predicted molar refractivity (Wildman–Crippen MR) is 64.3 cm³/mol. The first-order chi connectivity index (χ1) is 6.47. The monoisotopic (exact) mass is 230 g/mol. The van der Waals surface area contributed by atoms with E-state index in [-0.39, 0.29) is 0 Å². The van der Waals surface area contributed by atoms with Gasteiger partial charge in [-0.05, 0) is 6.04 Å². The smallest absolute Gasteiger partial charge is 0.180 e. The van der Waals surface area contributed by atoms with Crippen molar-refractivity contribution in [3.05, 3.63) is 11.1 Å². The molecule has 1 aromatic heterocycles. The highest BCUT2D eigenvalue weighted by atomic mass is 32.1. The van der Waals surface area contributed by atoms with Gasteiger partial charge in [0.05, 0.1) is 12.3 Å². The summed E-state index contributed by atoms with van der Waals surface area (Å²) < 4.78 is 5.53. The maximum absolute atomic E-state index is 5.53. The van der Waals surface area contributed by atoms with Crippen LogP contribution in [-0.2, 0) is 11.3 Å². The SMILES string of the molecule is C[Si](C)(C)CCOCc1csc(N)n1. The van der Waals surface area contributed by atoms with Crippen molar-refractivity contribution in [2.24, 2.45) is 0 Å².